The number of hydrogen-bond donors (Lipinski definition) is 4. The fraction of sp³-hybridized carbons (Fsp3) is 0.845. The summed E-state index contributed by atoms with van der Waals surface area (Å²) >= 11 is 0. The molecule has 5 nitrogen and oxygen atoms in total. The van der Waals surface area contributed by atoms with Crippen LogP contribution >= 0.6 is 0 Å². The van der Waals surface area contributed by atoms with Crippen LogP contribution in [0.1, 0.15) is 290 Å². The van der Waals surface area contributed by atoms with Crippen molar-refractivity contribution >= 4 is 5.91 Å². The van der Waals surface area contributed by atoms with Gasteiger partial charge in [-0.3, -0.25) is 4.79 Å². The van der Waals surface area contributed by atoms with Gasteiger partial charge in [-0.2, -0.15) is 0 Å². The van der Waals surface area contributed by atoms with E-state index in [1.165, 1.54) is 225 Å². The number of allylic oxidation sites excluding steroid dienone is 7. The van der Waals surface area contributed by atoms with E-state index in [0.29, 0.717) is 6.42 Å². The summed E-state index contributed by atoms with van der Waals surface area (Å²) in [5.41, 5.74) is 0. The van der Waals surface area contributed by atoms with E-state index in [9.17, 15) is 20.1 Å². The van der Waals surface area contributed by atoms with Crippen molar-refractivity contribution in [1.29, 1.82) is 0 Å². The third-order valence-corrected chi connectivity index (χ3v) is 12.8. The highest BCUT2D eigenvalue weighted by molar-refractivity contribution is 5.76. The Morgan fingerprint density at radius 3 is 1.05 bits per heavy atom. The lowest BCUT2D eigenvalue weighted by molar-refractivity contribution is -0.124. The molecular weight excluding hydrogens is 775 g/mol. The van der Waals surface area contributed by atoms with Crippen molar-refractivity contribution in [3.63, 3.8) is 0 Å². The predicted molar refractivity (Wildman–Crippen MR) is 277 cm³/mol. The molecule has 4 N–H and O–H groups in total. The number of amides is 1. The van der Waals surface area contributed by atoms with Crippen LogP contribution in [0.25, 0.3) is 0 Å². The minimum absolute atomic E-state index is 0.00290. The second-order valence-electron chi connectivity index (χ2n) is 19.2. The topological polar surface area (TPSA) is 89.8 Å². The summed E-state index contributed by atoms with van der Waals surface area (Å²) in [7, 11) is 0. The highest BCUT2D eigenvalue weighted by Crippen LogP contribution is 2.17. The van der Waals surface area contributed by atoms with Crippen LogP contribution in [0, 0.1) is 0 Å². The van der Waals surface area contributed by atoms with E-state index in [1.807, 2.05) is 6.08 Å². The molecule has 0 aliphatic rings. The minimum Gasteiger partial charge on any atom is -0.394 e. The second kappa shape index (κ2) is 52.9. The molecule has 0 fully saturated rings. The standard InChI is InChI=1S/C58H109NO4/c1-3-5-7-9-11-13-15-17-18-19-20-21-22-23-24-25-26-27-28-29-30-31-32-33-34-35-36-37-38-40-41-43-45-47-49-51-55(61)53-58(63)59-56(54-60)57(62)52-50-48-46-44-42-39-16-14-12-10-8-6-4-2/h12,14,27-28,42,44,50,52,55-57,60-62H,3-11,13,15-26,29-41,43,45-49,51,53-54H2,1-2H3,(H,59,63)/b14-12+,28-27-,44-42+,52-50+. The van der Waals surface area contributed by atoms with Gasteiger partial charge in [0.15, 0.2) is 0 Å². The zero-order chi connectivity index (χ0) is 45.8. The minimum atomic E-state index is -0.959. The molecule has 5 heteroatoms. The molecule has 0 radical (unpaired) electrons. The Hall–Kier alpha value is -1.69. The first-order valence-corrected chi connectivity index (χ1v) is 27.9. The molecule has 3 unspecified atom stereocenters. The number of unbranched alkanes of at least 4 members (excludes halogenated alkanes) is 36. The fourth-order valence-corrected chi connectivity index (χ4v) is 8.55. The number of rotatable bonds is 51. The van der Waals surface area contributed by atoms with Gasteiger partial charge in [-0.05, 0) is 70.6 Å². The maximum atomic E-state index is 12.5. The zero-order valence-corrected chi connectivity index (χ0v) is 42.2. The number of carbonyl (C=O) groups is 1. The van der Waals surface area contributed by atoms with E-state index in [1.54, 1.807) is 6.08 Å². The van der Waals surface area contributed by atoms with E-state index < -0.39 is 18.2 Å². The van der Waals surface area contributed by atoms with Gasteiger partial charge in [-0.25, -0.2) is 0 Å². The number of aliphatic hydroxyl groups excluding tert-OH is 3. The molecule has 0 aromatic rings. The van der Waals surface area contributed by atoms with E-state index >= 15 is 0 Å². The highest BCUT2D eigenvalue weighted by Gasteiger charge is 2.20. The molecule has 0 aliphatic heterocycles. The van der Waals surface area contributed by atoms with Crippen LogP contribution in [0.15, 0.2) is 48.6 Å². The highest BCUT2D eigenvalue weighted by atomic mass is 16.3. The summed E-state index contributed by atoms with van der Waals surface area (Å²) in [4.78, 5) is 12.5. The van der Waals surface area contributed by atoms with E-state index in [4.69, 9.17) is 0 Å². The Morgan fingerprint density at radius 2 is 0.683 bits per heavy atom. The molecule has 0 aliphatic carbocycles. The largest absolute Gasteiger partial charge is 0.394 e. The lowest BCUT2D eigenvalue weighted by atomic mass is 10.0. The quantitative estimate of drug-likeness (QED) is 0.0362. The number of carbonyl (C=O) groups excluding carboxylic acids is 1. The van der Waals surface area contributed by atoms with Crippen LogP contribution in [0.2, 0.25) is 0 Å². The third-order valence-electron chi connectivity index (χ3n) is 12.8. The fourth-order valence-electron chi connectivity index (χ4n) is 8.55. The van der Waals surface area contributed by atoms with E-state index in [0.717, 1.165) is 38.5 Å². The summed E-state index contributed by atoms with van der Waals surface area (Å²) in [6.45, 7) is 4.18. The lowest BCUT2D eigenvalue weighted by Gasteiger charge is -2.21. The number of aliphatic hydroxyl groups is 3. The molecule has 3 atom stereocenters. The summed E-state index contributed by atoms with van der Waals surface area (Å²) in [5, 5.41) is 33.3. The van der Waals surface area contributed by atoms with Crippen LogP contribution in [0.3, 0.4) is 0 Å². The second-order valence-corrected chi connectivity index (χ2v) is 19.2. The van der Waals surface area contributed by atoms with Crippen LogP contribution in [-0.4, -0.2) is 46.1 Å². The third kappa shape index (κ3) is 49.6. The van der Waals surface area contributed by atoms with Crippen LogP contribution < -0.4 is 5.32 Å². The summed E-state index contributed by atoms with van der Waals surface area (Å²) in [5.74, 6) is -0.328. The van der Waals surface area contributed by atoms with Crippen molar-refractivity contribution < 1.29 is 20.1 Å². The molecule has 63 heavy (non-hydrogen) atoms. The van der Waals surface area contributed by atoms with Crippen molar-refractivity contribution in [2.75, 3.05) is 6.61 Å². The van der Waals surface area contributed by atoms with Crippen molar-refractivity contribution in [1.82, 2.24) is 5.32 Å². The maximum absolute atomic E-state index is 12.5. The SMILES string of the molecule is CCCCC/C=C/CC/C=C/CC/C=C/C(O)C(CO)NC(=O)CC(O)CCCCCCCCCCCCCCCCC/C=C\CCCCCCCCCCCCCCCCCC. The monoisotopic (exact) mass is 884 g/mol. The van der Waals surface area contributed by atoms with Crippen LogP contribution in [-0.2, 0) is 4.79 Å². The van der Waals surface area contributed by atoms with Gasteiger partial charge in [0, 0.05) is 0 Å². The predicted octanol–water partition coefficient (Wildman–Crippen LogP) is 17.2. The maximum Gasteiger partial charge on any atom is 0.222 e. The normalized spacial score (nSPS) is 13.7. The number of hydrogen-bond acceptors (Lipinski definition) is 4. The van der Waals surface area contributed by atoms with Crippen molar-refractivity contribution in [2.24, 2.45) is 0 Å². The average Bonchev–Trinajstić information content (AvgIpc) is 3.28. The van der Waals surface area contributed by atoms with Gasteiger partial charge in [0.25, 0.3) is 0 Å². The molecule has 370 valence electrons. The molecule has 0 heterocycles. The Bertz CT molecular complexity index is 1020. The lowest BCUT2D eigenvalue weighted by Crippen LogP contribution is -2.45. The zero-order valence-electron chi connectivity index (χ0n) is 42.2. The molecule has 0 saturated carbocycles. The van der Waals surface area contributed by atoms with Gasteiger partial charge in [-0.15, -0.1) is 0 Å². The summed E-state index contributed by atoms with van der Waals surface area (Å²) in [6, 6.07) is -0.767. The van der Waals surface area contributed by atoms with Gasteiger partial charge < -0.3 is 20.6 Å². The molecule has 0 rings (SSSR count). The molecular formula is C58H109NO4. The van der Waals surface area contributed by atoms with Crippen molar-refractivity contribution in [2.45, 2.75) is 308 Å². The average molecular weight is 885 g/mol. The van der Waals surface area contributed by atoms with Gasteiger partial charge in [0.1, 0.15) is 0 Å². The van der Waals surface area contributed by atoms with Crippen LogP contribution in [0.4, 0.5) is 0 Å². The van der Waals surface area contributed by atoms with Gasteiger partial charge >= 0.3 is 0 Å². The molecule has 0 aromatic heterocycles. The smallest absolute Gasteiger partial charge is 0.222 e. The van der Waals surface area contributed by atoms with Gasteiger partial charge in [0.2, 0.25) is 5.91 Å². The molecule has 0 spiro atoms. The Kier molecular flexibility index (Phi) is 51.5. The Morgan fingerprint density at radius 1 is 0.397 bits per heavy atom. The molecule has 0 aromatic carbocycles. The molecule has 0 bridgehead atoms. The first kappa shape index (κ1) is 61.3. The molecule has 1 amide bonds. The van der Waals surface area contributed by atoms with Crippen molar-refractivity contribution in [3.8, 4) is 0 Å². The van der Waals surface area contributed by atoms with E-state index in [2.05, 4.69) is 55.6 Å². The first-order valence-electron chi connectivity index (χ1n) is 27.9. The van der Waals surface area contributed by atoms with Crippen molar-refractivity contribution in [3.05, 3.63) is 48.6 Å². The van der Waals surface area contributed by atoms with Gasteiger partial charge in [0.05, 0.1) is 31.3 Å². The van der Waals surface area contributed by atoms with Crippen LogP contribution in [0.5, 0.6) is 0 Å². The Balaban J connectivity index is 3.50. The first-order chi connectivity index (χ1) is 31.0. The molecule has 0 saturated heterocycles. The summed E-state index contributed by atoms with van der Waals surface area (Å²) < 4.78 is 0. The Labute approximate surface area is 393 Å². The van der Waals surface area contributed by atoms with Gasteiger partial charge in [-0.1, -0.05) is 262 Å². The van der Waals surface area contributed by atoms with E-state index in [-0.39, 0.29) is 18.9 Å². The number of nitrogens with one attached hydrogen (secondary N) is 1. The summed E-state index contributed by atoms with van der Waals surface area (Å²) in [6.07, 6.45) is 70.3.